The maximum atomic E-state index is 12.0. The van der Waals surface area contributed by atoms with Crippen molar-refractivity contribution >= 4 is 23.2 Å². The smallest absolute Gasteiger partial charge is 0.271 e. The van der Waals surface area contributed by atoms with Gasteiger partial charge in [0.15, 0.2) is 0 Å². The maximum Gasteiger partial charge on any atom is 0.271 e. The average Bonchev–Trinajstić information content (AvgIpc) is 2.91. The van der Waals surface area contributed by atoms with Crippen molar-refractivity contribution in [1.82, 2.24) is 20.5 Å². The van der Waals surface area contributed by atoms with Crippen molar-refractivity contribution in [2.45, 2.75) is 13.0 Å². The van der Waals surface area contributed by atoms with Gasteiger partial charge in [-0.05, 0) is 13.0 Å². The molecule has 0 saturated heterocycles. The van der Waals surface area contributed by atoms with Crippen LogP contribution >= 0.6 is 11.6 Å². The minimum Gasteiger partial charge on any atom is -0.342 e. The van der Waals surface area contributed by atoms with Gasteiger partial charge in [0.2, 0.25) is 0 Å². The maximum absolute atomic E-state index is 12.0. The molecule has 20 heavy (non-hydrogen) atoms. The third-order valence-electron chi connectivity index (χ3n) is 2.55. The zero-order chi connectivity index (χ0) is 14.7. The van der Waals surface area contributed by atoms with Crippen LogP contribution in [0, 0.1) is 10.1 Å². The summed E-state index contributed by atoms with van der Waals surface area (Å²) in [4.78, 5) is 26.1. The van der Waals surface area contributed by atoms with E-state index in [2.05, 4.69) is 20.5 Å². The molecule has 2 N–H and O–H groups in total. The van der Waals surface area contributed by atoms with E-state index in [9.17, 15) is 14.9 Å². The Labute approximate surface area is 118 Å². The van der Waals surface area contributed by atoms with Gasteiger partial charge in [-0.25, -0.2) is 4.98 Å². The van der Waals surface area contributed by atoms with Crippen LogP contribution < -0.4 is 5.32 Å². The molecule has 2 rings (SSSR count). The van der Waals surface area contributed by atoms with Crippen LogP contribution in [-0.4, -0.2) is 26.0 Å². The van der Waals surface area contributed by atoms with Gasteiger partial charge in [-0.2, -0.15) is 5.10 Å². The fourth-order valence-corrected chi connectivity index (χ4v) is 1.81. The van der Waals surface area contributed by atoms with Crippen LogP contribution in [0.3, 0.4) is 0 Å². The van der Waals surface area contributed by atoms with E-state index in [1.165, 1.54) is 18.5 Å². The fourth-order valence-electron chi connectivity index (χ4n) is 1.58. The van der Waals surface area contributed by atoms with Gasteiger partial charge in [-0.3, -0.25) is 20.0 Å². The number of nitro groups is 1. The number of non-ortho nitro benzene ring substituents is 1. The summed E-state index contributed by atoms with van der Waals surface area (Å²) in [6, 6.07) is 3.28. The second kappa shape index (κ2) is 5.66. The van der Waals surface area contributed by atoms with Crippen molar-refractivity contribution in [2.75, 3.05) is 0 Å². The predicted octanol–water partition coefficient (Wildman–Crippen LogP) is 1.86. The average molecular weight is 296 g/mol. The minimum atomic E-state index is -0.609. The molecule has 1 aromatic heterocycles. The lowest BCUT2D eigenvalue weighted by Gasteiger charge is -2.11. The molecule has 1 heterocycles. The van der Waals surface area contributed by atoms with Crippen LogP contribution in [0.1, 0.15) is 29.1 Å². The van der Waals surface area contributed by atoms with Crippen LogP contribution in [-0.2, 0) is 0 Å². The van der Waals surface area contributed by atoms with Crippen molar-refractivity contribution in [3.05, 3.63) is 51.1 Å². The molecule has 9 heteroatoms. The number of hydrogen-bond donors (Lipinski definition) is 2. The minimum absolute atomic E-state index is 0.107. The number of amides is 1. The summed E-state index contributed by atoms with van der Waals surface area (Å²) in [6.45, 7) is 1.71. The molecule has 1 unspecified atom stereocenters. The quantitative estimate of drug-likeness (QED) is 0.660. The molecule has 1 aromatic carbocycles. The van der Waals surface area contributed by atoms with Crippen LogP contribution in [0.25, 0.3) is 0 Å². The number of benzene rings is 1. The molecular weight excluding hydrogens is 286 g/mol. The number of nitrogens with one attached hydrogen (secondary N) is 2. The first kappa shape index (κ1) is 13.9. The van der Waals surface area contributed by atoms with Gasteiger partial charge in [0.25, 0.3) is 11.6 Å². The molecule has 0 radical (unpaired) electrons. The Kier molecular flexibility index (Phi) is 3.94. The number of rotatable bonds is 4. The SMILES string of the molecule is CC(NC(=O)c1cc(Cl)cc([N+](=O)[O-])c1)c1ncn[nH]1. The highest BCUT2D eigenvalue weighted by Gasteiger charge is 2.17. The van der Waals surface area contributed by atoms with Crippen LogP contribution in [0.2, 0.25) is 5.02 Å². The van der Waals surface area contributed by atoms with Crippen molar-refractivity contribution < 1.29 is 9.72 Å². The van der Waals surface area contributed by atoms with Gasteiger partial charge < -0.3 is 5.32 Å². The second-order valence-electron chi connectivity index (χ2n) is 4.02. The molecule has 0 spiro atoms. The molecule has 104 valence electrons. The molecule has 8 nitrogen and oxygen atoms in total. The Morgan fingerprint density at radius 3 is 2.85 bits per heavy atom. The Morgan fingerprint density at radius 2 is 2.25 bits per heavy atom. The number of aromatic nitrogens is 3. The van der Waals surface area contributed by atoms with Crippen LogP contribution in [0.4, 0.5) is 5.69 Å². The molecule has 0 saturated carbocycles. The molecule has 1 amide bonds. The number of aromatic amines is 1. The monoisotopic (exact) mass is 295 g/mol. The summed E-state index contributed by atoms with van der Waals surface area (Å²) < 4.78 is 0. The molecule has 1 atom stereocenters. The van der Waals surface area contributed by atoms with E-state index >= 15 is 0 Å². The summed E-state index contributed by atoms with van der Waals surface area (Å²) in [7, 11) is 0. The van der Waals surface area contributed by atoms with Gasteiger partial charge in [0.05, 0.1) is 11.0 Å². The van der Waals surface area contributed by atoms with Crippen molar-refractivity contribution in [3.63, 3.8) is 0 Å². The van der Waals surface area contributed by atoms with E-state index in [0.717, 1.165) is 6.07 Å². The standard InChI is InChI=1S/C11H10ClN5O3/c1-6(10-13-5-14-16-10)15-11(18)7-2-8(12)4-9(3-7)17(19)20/h2-6H,1H3,(H,15,18)(H,13,14,16). The Bertz CT molecular complexity index is 644. The van der Waals surface area contributed by atoms with E-state index in [1.807, 2.05) is 0 Å². The summed E-state index contributed by atoms with van der Waals surface area (Å²) in [5.74, 6) is -0.00521. The molecule has 0 aliphatic rings. The van der Waals surface area contributed by atoms with Crippen molar-refractivity contribution in [3.8, 4) is 0 Å². The second-order valence-corrected chi connectivity index (χ2v) is 4.46. The molecule has 0 bridgehead atoms. The Hall–Kier alpha value is -2.48. The van der Waals surface area contributed by atoms with E-state index in [0.29, 0.717) is 5.82 Å². The third kappa shape index (κ3) is 3.09. The topological polar surface area (TPSA) is 114 Å². The highest BCUT2D eigenvalue weighted by molar-refractivity contribution is 6.31. The lowest BCUT2D eigenvalue weighted by atomic mass is 10.1. The number of carbonyl (C=O) groups is 1. The van der Waals surface area contributed by atoms with E-state index < -0.39 is 16.9 Å². The molecule has 2 aromatic rings. The lowest BCUT2D eigenvalue weighted by molar-refractivity contribution is -0.384. The summed E-state index contributed by atoms with van der Waals surface area (Å²) >= 11 is 5.76. The first-order valence-corrected chi connectivity index (χ1v) is 5.96. The summed E-state index contributed by atoms with van der Waals surface area (Å²) in [5.41, 5.74) is -0.134. The predicted molar refractivity (Wildman–Crippen MR) is 70.4 cm³/mol. The fraction of sp³-hybridized carbons (Fsp3) is 0.182. The zero-order valence-corrected chi connectivity index (χ0v) is 11.1. The molecule has 0 aliphatic carbocycles. The first-order chi connectivity index (χ1) is 9.47. The van der Waals surface area contributed by atoms with Gasteiger partial charge >= 0.3 is 0 Å². The lowest BCUT2D eigenvalue weighted by Crippen LogP contribution is -2.27. The number of nitrogens with zero attached hydrogens (tertiary/aromatic N) is 3. The number of carbonyl (C=O) groups excluding carboxylic acids is 1. The van der Waals surface area contributed by atoms with Gasteiger partial charge in [0, 0.05) is 22.7 Å². The van der Waals surface area contributed by atoms with Crippen LogP contribution in [0.5, 0.6) is 0 Å². The molecule has 0 fully saturated rings. The summed E-state index contributed by atoms with van der Waals surface area (Å²) in [6.07, 6.45) is 1.32. The Balaban J connectivity index is 2.19. The van der Waals surface area contributed by atoms with Gasteiger partial charge in [-0.1, -0.05) is 11.6 Å². The normalized spacial score (nSPS) is 11.9. The largest absolute Gasteiger partial charge is 0.342 e. The number of H-pyrrole nitrogens is 1. The van der Waals surface area contributed by atoms with Crippen LogP contribution in [0.15, 0.2) is 24.5 Å². The third-order valence-corrected chi connectivity index (χ3v) is 2.77. The van der Waals surface area contributed by atoms with Gasteiger partial charge in [-0.15, -0.1) is 0 Å². The number of halogens is 1. The number of nitro benzene ring substituents is 1. The summed E-state index contributed by atoms with van der Waals surface area (Å²) in [5, 5.41) is 19.8. The van der Waals surface area contributed by atoms with E-state index in [1.54, 1.807) is 6.92 Å². The molecular formula is C11H10ClN5O3. The zero-order valence-electron chi connectivity index (χ0n) is 10.3. The highest BCUT2D eigenvalue weighted by atomic mass is 35.5. The van der Waals surface area contributed by atoms with Gasteiger partial charge in [0.1, 0.15) is 12.2 Å². The number of hydrogen-bond acceptors (Lipinski definition) is 5. The van der Waals surface area contributed by atoms with Crippen molar-refractivity contribution in [2.24, 2.45) is 0 Å². The highest BCUT2D eigenvalue weighted by Crippen LogP contribution is 2.21. The first-order valence-electron chi connectivity index (χ1n) is 5.58. The molecule has 0 aliphatic heterocycles. The van der Waals surface area contributed by atoms with E-state index in [4.69, 9.17) is 11.6 Å². The van der Waals surface area contributed by atoms with Crippen molar-refractivity contribution in [1.29, 1.82) is 0 Å². The Morgan fingerprint density at radius 1 is 1.50 bits per heavy atom. The van der Waals surface area contributed by atoms with E-state index in [-0.39, 0.29) is 16.3 Å².